The molecule has 2 aliphatic rings. The Balaban J connectivity index is 1.39. The van der Waals surface area contributed by atoms with Gasteiger partial charge in [-0.3, -0.25) is 4.79 Å². The van der Waals surface area contributed by atoms with Gasteiger partial charge in [0.05, 0.1) is 17.4 Å². The van der Waals surface area contributed by atoms with E-state index in [0.29, 0.717) is 44.5 Å². The third-order valence-electron chi connectivity index (χ3n) is 6.51. The molecule has 4 rings (SSSR count). The quantitative estimate of drug-likeness (QED) is 0.739. The smallest absolute Gasteiger partial charge is 0.243 e. The second kappa shape index (κ2) is 8.59. The number of sulfonamides is 1. The number of methoxy groups -OCH3 is 1. The van der Waals surface area contributed by atoms with Crippen LogP contribution in [0.2, 0.25) is 0 Å². The molecule has 0 atom stereocenters. The maximum absolute atomic E-state index is 13.7. The van der Waals surface area contributed by atoms with Gasteiger partial charge in [-0.25, -0.2) is 12.8 Å². The van der Waals surface area contributed by atoms with Crippen LogP contribution in [0.3, 0.4) is 0 Å². The van der Waals surface area contributed by atoms with E-state index in [9.17, 15) is 17.6 Å². The minimum atomic E-state index is -3.59. The number of piperidine rings is 1. The minimum absolute atomic E-state index is 0.0826. The molecule has 31 heavy (non-hydrogen) atoms. The number of ether oxygens (including phenoxy) is 1. The van der Waals surface area contributed by atoms with Crippen LogP contribution in [0.4, 0.5) is 4.39 Å². The highest BCUT2D eigenvalue weighted by Gasteiger charge is 2.46. The van der Waals surface area contributed by atoms with Gasteiger partial charge >= 0.3 is 0 Å². The van der Waals surface area contributed by atoms with Gasteiger partial charge in [0.2, 0.25) is 15.9 Å². The molecule has 1 heterocycles. The fraction of sp³-hybridized carbons (Fsp3) is 0.435. The van der Waals surface area contributed by atoms with Crippen molar-refractivity contribution in [1.82, 2.24) is 9.62 Å². The van der Waals surface area contributed by atoms with Crippen molar-refractivity contribution in [3.05, 3.63) is 59.9 Å². The zero-order valence-corrected chi connectivity index (χ0v) is 18.3. The highest BCUT2D eigenvalue weighted by atomic mass is 32.2. The van der Waals surface area contributed by atoms with E-state index in [0.717, 1.165) is 12.0 Å². The van der Waals surface area contributed by atoms with E-state index in [4.69, 9.17) is 4.74 Å². The van der Waals surface area contributed by atoms with Crippen LogP contribution in [0.25, 0.3) is 0 Å². The van der Waals surface area contributed by atoms with Crippen LogP contribution in [0.1, 0.15) is 37.7 Å². The zero-order chi connectivity index (χ0) is 22.1. The van der Waals surface area contributed by atoms with Crippen LogP contribution in [-0.2, 0) is 20.2 Å². The van der Waals surface area contributed by atoms with Crippen LogP contribution in [0.5, 0.6) is 5.75 Å². The predicted molar refractivity (Wildman–Crippen MR) is 115 cm³/mol. The first-order valence-corrected chi connectivity index (χ1v) is 12.0. The molecular formula is C23H27FN2O4S. The maximum Gasteiger partial charge on any atom is 0.243 e. The molecule has 2 fully saturated rings. The largest absolute Gasteiger partial charge is 0.497 e. The fourth-order valence-electron chi connectivity index (χ4n) is 4.42. The Hall–Kier alpha value is -2.45. The summed E-state index contributed by atoms with van der Waals surface area (Å²) < 4.78 is 46.1. The van der Waals surface area contributed by atoms with E-state index in [-0.39, 0.29) is 22.7 Å². The number of nitrogens with one attached hydrogen (secondary N) is 1. The van der Waals surface area contributed by atoms with Gasteiger partial charge in [0.25, 0.3) is 0 Å². The molecule has 1 N–H and O–H groups in total. The second-order valence-corrected chi connectivity index (χ2v) is 10.2. The number of halogens is 1. The topological polar surface area (TPSA) is 75.7 Å². The first-order chi connectivity index (χ1) is 14.8. The number of carbonyl (C=O) groups excluding carboxylic acids is 1. The summed E-state index contributed by atoms with van der Waals surface area (Å²) in [6.45, 7) is 0.679. The SMILES string of the molecule is COc1ccc(S(=O)(=O)N2CCC(NC(=O)C3(c4cccc(F)c4)CCC3)CC2)cc1. The maximum atomic E-state index is 13.7. The highest BCUT2D eigenvalue weighted by molar-refractivity contribution is 7.89. The molecule has 8 heteroatoms. The van der Waals surface area contributed by atoms with Gasteiger partial charge < -0.3 is 10.1 Å². The Bertz CT molecular complexity index is 1040. The van der Waals surface area contributed by atoms with Gasteiger partial charge in [0.15, 0.2) is 0 Å². The van der Waals surface area contributed by atoms with Crippen LogP contribution in [0.15, 0.2) is 53.4 Å². The van der Waals surface area contributed by atoms with E-state index in [1.807, 2.05) is 6.07 Å². The summed E-state index contributed by atoms with van der Waals surface area (Å²) in [5, 5.41) is 3.11. The summed E-state index contributed by atoms with van der Waals surface area (Å²) in [4.78, 5) is 13.3. The average Bonchev–Trinajstić information content (AvgIpc) is 2.73. The molecule has 6 nitrogen and oxygen atoms in total. The summed E-state index contributed by atoms with van der Waals surface area (Å²) in [6.07, 6.45) is 3.42. The standard InChI is InChI=1S/C23H27FN2O4S/c1-30-20-6-8-21(9-7-20)31(28,29)26-14-10-19(11-15-26)25-22(27)23(12-3-13-23)17-4-2-5-18(24)16-17/h2,4-9,16,19H,3,10-15H2,1H3,(H,25,27). The molecule has 0 radical (unpaired) electrons. The molecule has 2 aromatic carbocycles. The molecule has 1 aliphatic carbocycles. The Morgan fingerprint density at radius 1 is 1.13 bits per heavy atom. The molecule has 2 aromatic rings. The van der Waals surface area contributed by atoms with Crippen molar-refractivity contribution >= 4 is 15.9 Å². The lowest BCUT2D eigenvalue weighted by atomic mass is 9.63. The summed E-state index contributed by atoms with van der Waals surface area (Å²) in [7, 11) is -2.05. The Labute approximate surface area is 182 Å². The number of hydrogen-bond acceptors (Lipinski definition) is 4. The molecule has 0 unspecified atom stereocenters. The third-order valence-corrected chi connectivity index (χ3v) is 8.42. The van der Waals surface area contributed by atoms with Gasteiger partial charge in [-0.2, -0.15) is 4.31 Å². The van der Waals surface area contributed by atoms with Crippen molar-refractivity contribution in [3.8, 4) is 5.75 Å². The number of hydrogen-bond donors (Lipinski definition) is 1. The molecule has 0 bridgehead atoms. The number of nitrogens with zero attached hydrogens (tertiary/aromatic N) is 1. The van der Waals surface area contributed by atoms with Crippen molar-refractivity contribution in [1.29, 1.82) is 0 Å². The fourth-order valence-corrected chi connectivity index (χ4v) is 5.89. The lowest BCUT2D eigenvalue weighted by molar-refractivity contribution is -0.130. The monoisotopic (exact) mass is 446 g/mol. The molecule has 1 amide bonds. The Morgan fingerprint density at radius 2 is 1.81 bits per heavy atom. The van der Waals surface area contributed by atoms with Crippen LogP contribution < -0.4 is 10.1 Å². The van der Waals surface area contributed by atoms with Gasteiger partial charge in [-0.05, 0) is 67.6 Å². The van der Waals surface area contributed by atoms with Crippen molar-refractivity contribution in [2.75, 3.05) is 20.2 Å². The van der Waals surface area contributed by atoms with E-state index < -0.39 is 15.4 Å². The van der Waals surface area contributed by atoms with Crippen LogP contribution in [0, 0.1) is 5.82 Å². The first kappa shape index (κ1) is 21.8. The van der Waals surface area contributed by atoms with Crippen molar-refractivity contribution in [2.45, 2.75) is 48.5 Å². The van der Waals surface area contributed by atoms with Gasteiger partial charge in [-0.15, -0.1) is 0 Å². The molecule has 1 saturated carbocycles. The van der Waals surface area contributed by atoms with E-state index in [2.05, 4.69) is 5.32 Å². The summed E-state index contributed by atoms with van der Waals surface area (Å²) in [6, 6.07) is 12.5. The van der Waals surface area contributed by atoms with E-state index in [1.54, 1.807) is 30.3 Å². The molecular weight excluding hydrogens is 419 g/mol. The molecule has 166 valence electrons. The van der Waals surface area contributed by atoms with Crippen molar-refractivity contribution in [3.63, 3.8) is 0 Å². The van der Waals surface area contributed by atoms with Crippen molar-refractivity contribution < 1.29 is 22.3 Å². The summed E-state index contributed by atoms with van der Waals surface area (Å²) in [5.41, 5.74) is 0.0461. The van der Waals surface area contributed by atoms with Gasteiger partial charge in [-0.1, -0.05) is 18.6 Å². The van der Waals surface area contributed by atoms with Crippen LogP contribution >= 0.6 is 0 Å². The normalized spacial score (nSPS) is 19.4. The lowest BCUT2D eigenvalue weighted by Gasteiger charge is -2.42. The third kappa shape index (κ3) is 4.19. The summed E-state index contributed by atoms with van der Waals surface area (Å²) in [5.74, 6) is 0.179. The van der Waals surface area contributed by atoms with Crippen molar-refractivity contribution in [2.24, 2.45) is 0 Å². The molecule has 0 spiro atoms. The highest BCUT2D eigenvalue weighted by Crippen LogP contribution is 2.44. The van der Waals surface area contributed by atoms with Gasteiger partial charge in [0.1, 0.15) is 11.6 Å². The van der Waals surface area contributed by atoms with Gasteiger partial charge in [0, 0.05) is 19.1 Å². The number of rotatable bonds is 6. The second-order valence-electron chi connectivity index (χ2n) is 8.27. The molecule has 1 saturated heterocycles. The minimum Gasteiger partial charge on any atom is -0.497 e. The lowest BCUT2D eigenvalue weighted by Crippen LogP contribution is -2.54. The predicted octanol–water partition coefficient (Wildman–Crippen LogP) is 3.23. The van der Waals surface area contributed by atoms with Crippen LogP contribution in [-0.4, -0.2) is 44.9 Å². The number of carbonyl (C=O) groups is 1. The summed E-state index contributed by atoms with van der Waals surface area (Å²) >= 11 is 0. The molecule has 1 aliphatic heterocycles. The number of amides is 1. The zero-order valence-electron chi connectivity index (χ0n) is 17.5. The molecule has 0 aromatic heterocycles. The Kier molecular flexibility index (Phi) is 6.03. The Morgan fingerprint density at radius 3 is 2.35 bits per heavy atom. The average molecular weight is 447 g/mol. The van der Waals surface area contributed by atoms with E-state index >= 15 is 0 Å². The van der Waals surface area contributed by atoms with E-state index in [1.165, 1.54) is 23.5 Å². The first-order valence-electron chi connectivity index (χ1n) is 10.6. The number of benzene rings is 2.